The van der Waals surface area contributed by atoms with Gasteiger partial charge in [0.15, 0.2) is 5.69 Å². The highest BCUT2D eigenvalue weighted by Crippen LogP contribution is 2.39. The molecular weight excluding hydrogens is 352 g/mol. The third kappa shape index (κ3) is 4.29. The van der Waals surface area contributed by atoms with E-state index in [1.165, 1.54) is 6.07 Å². The maximum atomic E-state index is 12.9. The van der Waals surface area contributed by atoms with Crippen molar-refractivity contribution in [2.45, 2.75) is 38.2 Å². The van der Waals surface area contributed by atoms with E-state index in [0.717, 1.165) is 11.0 Å². The first-order valence-corrected chi connectivity index (χ1v) is 7.68. The Balaban J connectivity index is 1.61. The van der Waals surface area contributed by atoms with Crippen LogP contribution in [-0.4, -0.2) is 49.1 Å². The molecule has 0 atom stereocenters. The van der Waals surface area contributed by atoms with Crippen LogP contribution in [0.4, 0.5) is 8.78 Å². The van der Waals surface area contributed by atoms with E-state index in [0.29, 0.717) is 17.1 Å². The van der Waals surface area contributed by atoms with Gasteiger partial charge in [0.25, 0.3) is 5.92 Å². The van der Waals surface area contributed by atoms with Gasteiger partial charge >= 0.3 is 5.97 Å². The van der Waals surface area contributed by atoms with Crippen molar-refractivity contribution in [3.63, 3.8) is 0 Å². The number of carbonyl (C=O) groups excluding carboxylic acids is 1. The van der Waals surface area contributed by atoms with Gasteiger partial charge in [-0.15, -0.1) is 5.10 Å². The number of carboxylic acid groups (broad SMARTS) is 1. The van der Waals surface area contributed by atoms with Crippen LogP contribution in [0.1, 0.15) is 34.7 Å². The van der Waals surface area contributed by atoms with E-state index >= 15 is 0 Å². The lowest BCUT2D eigenvalue weighted by atomic mass is 9.91. The summed E-state index contributed by atoms with van der Waals surface area (Å²) in [7, 11) is 0. The summed E-state index contributed by atoms with van der Waals surface area (Å²) in [5.74, 6) is -4.09. The largest absolute Gasteiger partial charge is 0.490 e. The average molecular weight is 367 g/mol. The number of hydrogen-bond donors (Lipinski definition) is 2. The maximum Gasteiger partial charge on any atom is 0.358 e. The minimum atomic E-state index is -2.68. The van der Waals surface area contributed by atoms with Crippen LogP contribution in [0.25, 0.3) is 0 Å². The smallest absolute Gasteiger partial charge is 0.358 e. The van der Waals surface area contributed by atoms with Crippen LogP contribution in [-0.2, 0) is 11.2 Å². The van der Waals surface area contributed by atoms with Crippen molar-refractivity contribution in [2.75, 3.05) is 5.43 Å². The maximum absolute atomic E-state index is 12.9. The minimum absolute atomic E-state index is 0.138. The van der Waals surface area contributed by atoms with Crippen molar-refractivity contribution in [2.24, 2.45) is 0 Å². The summed E-state index contributed by atoms with van der Waals surface area (Å²) in [6.45, 7) is 1.69. The summed E-state index contributed by atoms with van der Waals surface area (Å²) in [6.07, 6.45) is -0.306. The number of aromatic carboxylic acids is 1. The first kappa shape index (κ1) is 17.7. The van der Waals surface area contributed by atoms with Gasteiger partial charge in [-0.05, 0) is 12.1 Å². The molecule has 3 rings (SSSR count). The first-order chi connectivity index (χ1) is 12.2. The summed E-state index contributed by atoms with van der Waals surface area (Å²) in [5.41, 5.74) is 2.98. The van der Waals surface area contributed by atoms with Crippen LogP contribution in [0.5, 0.6) is 5.75 Å². The number of rotatable bonds is 6. The molecule has 2 aromatic heterocycles. The topological polar surface area (TPSA) is 119 Å². The van der Waals surface area contributed by atoms with Crippen molar-refractivity contribution in [3.8, 4) is 5.75 Å². The molecule has 0 aliphatic heterocycles. The standard InChI is InChI=1S/C15H15F2N5O4/c1-8-2-10(26-11-5-15(16,17)6-11)3-9(18-8)4-13(23)20-22-7-12(14(24)25)19-21-22/h2-3,7,11H,4-6H2,1H3,(H,20,23)(H,24,25). The molecular formula is C15H15F2N5O4. The zero-order valence-corrected chi connectivity index (χ0v) is 13.6. The molecule has 11 heteroatoms. The normalized spacial score (nSPS) is 16.0. The average Bonchev–Trinajstić information content (AvgIpc) is 2.93. The number of aryl methyl sites for hydroxylation is 1. The van der Waals surface area contributed by atoms with Gasteiger partial charge in [-0.2, -0.15) is 4.79 Å². The van der Waals surface area contributed by atoms with Crippen molar-refractivity contribution < 1.29 is 28.2 Å². The second-order valence-corrected chi connectivity index (χ2v) is 6.00. The molecule has 0 aromatic carbocycles. The van der Waals surface area contributed by atoms with Crippen molar-refractivity contribution in [1.82, 2.24) is 20.1 Å². The van der Waals surface area contributed by atoms with Crippen LogP contribution in [0.2, 0.25) is 0 Å². The molecule has 0 radical (unpaired) electrons. The van der Waals surface area contributed by atoms with Crippen LogP contribution in [0.15, 0.2) is 18.3 Å². The second kappa shape index (κ2) is 6.65. The number of alkyl halides is 2. The van der Waals surface area contributed by atoms with Crippen molar-refractivity contribution >= 4 is 11.9 Å². The lowest BCUT2D eigenvalue weighted by Gasteiger charge is -2.34. The Kier molecular flexibility index (Phi) is 4.53. The van der Waals surface area contributed by atoms with E-state index in [4.69, 9.17) is 9.84 Å². The summed E-state index contributed by atoms with van der Waals surface area (Å²) in [6, 6.07) is 3.11. The van der Waals surface area contributed by atoms with Gasteiger partial charge < -0.3 is 9.84 Å². The highest BCUT2D eigenvalue weighted by atomic mass is 19.3. The molecule has 0 saturated heterocycles. The fourth-order valence-corrected chi connectivity index (χ4v) is 2.49. The molecule has 0 unspecified atom stereocenters. The Morgan fingerprint density at radius 1 is 1.42 bits per heavy atom. The Morgan fingerprint density at radius 3 is 2.77 bits per heavy atom. The predicted molar refractivity (Wildman–Crippen MR) is 82.6 cm³/mol. The number of nitrogens with zero attached hydrogens (tertiary/aromatic N) is 4. The highest BCUT2D eigenvalue weighted by Gasteiger charge is 2.47. The molecule has 1 amide bonds. The summed E-state index contributed by atoms with van der Waals surface area (Å²) < 4.78 is 31.3. The number of aromatic nitrogens is 4. The fraction of sp³-hybridized carbons (Fsp3) is 0.400. The Bertz CT molecular complexity index is 846. The molecule has 1 saturated carbocycles. The van der Waals surface area contributed by atoms with Gasteiger partial charge in [0.2, 0.25) is 5.91 Å². The van der Waals surface area contributed by atoms with Crippen LogP contribution >= 0.6 is 0 Å². The van der Waals surface area contributed by atoms with E-state index in [1.807, 2.05) is 0 Å². The van der Waals surface area contributed by atoms with Gasteiger partial charge in [0, 0.05) is 30.7 Å². The molecule has 1 aliphatic rings. The zero-order valence-electron chi connectivity index (χ0n) is 13.6. The molecule has 0 spiro atoms. The number of nitrogens with one attached hydrogen (secondary N) is 1. The SMILES string of the molecule is Cc1cc(OC2CC(F)(F)C2)cc(CC(=O)Nn2cc(C(=O)O)nn2)n1. The molecule has 2 heterocycles. The Hall–Kier alpha value is -3.11. The van der Waals surface area contributed by atoms with E-state index in [2.05, 4.69) is 20.7 Å². The molecule has 1 fully saturated rings. The summed E-state index contributed by atoms with van der Waals surface area (Å²) >= 11 is 0. The Labute approximate surface area is 145 Å². The highest BCUT2D eigenvalue weighted by molar-refractivity contribution is 5.86. The van der Waals surface area contributed by atoms with Crippen molar-refractivity contribution in [3.05, 3.63) is 35.4 Å². The molecule has 138 valence electrons. The molecule has 2 aromatic rings. The second-order valence-electron chi connectivity index (χ2n) is 6.00. The minimum Gasteiger partial charge on any atom is -0.490 e. The summed E-state index contributed by atoms with van der Waals surface area (Å²) in [4.78, 5) is 27.8. The van der Waals surface area contributed by atoms with E-state index in [9.17, 15) is 18.4 Å². The number of carboxylic acids is 1. The lowest BCUT2D eigenvalue weighted by molar-refractivity contribution is -0.134. The van der Waals surface area contributed by atoms with Gasteiger partial charge in [0.1, 0.15) is 11.9 Å². The Morgan fingerprint density at radius 2 is 2.15 bits per heavy atom. The van der Waals surface area contributed by atoms with Gasteiger partial charge in [-0.1, -0.05) is 0 Å². The summed E-state index contributed by atoms with van der Waals surface area (Å²) in [5, 5.41) is 15.6. The lowest BCUT2D eigenvalue weighted by Crippen LogP contribution is -2.43. The van der Waals surface area contributed by atoms with E-state index < -0.39 is 23.9 Å². The van der Waals surface area contributed by atoms with Gasteiger partial charge in [-0.3, -0.25) is 9.78 Å². The number of amides is 1. The number of ether oxygens (including phenoxy) is 1. The quantitative estimate of drug-likeness (QED) is 0.786. The van der Waals surface area contributed by atoms with Crippen LogP contribution < -0.4 is 10.2 Å². The number of carbonyl (C=O) groups is 2. The number of halogens is 2. The van der Waals surface area contributed by atoms with Crippen LogP contribution in [0, 0.1) is 6.92 Å². The van der Waals surface area contributed by atoms with E-state index in [1.54, 1.807) is 13.0 Å². The first-order valence-electron chi connectivity index (χ1n) is 7.68. The van der Waals surface area contributed by atoms with E-state index in [-0.39, 0.29) is 25.0 Å². The molecule has 0 bridgehead atoms. The van der Waals surface area contributed by atoms with Crippen molar-refractivity contribution in [1.29, 1.82) is 0 Å². The monoisotopic (exact) mass is 367 g/mol. The molecule has 9 nitrogen and oxygen atoms in total. The molecule has 26 heavy (non-hydrogen) atoms. The molecule has 1 aliphatic carbocycles. The van der Waals surface area contributed by atoms with Gasteiger partial charge in [0.05, 0.1) is 18.3 Å². The number of hydrogen-bond acceptors (Lipinski definition) is 6. The predicted octanol–water partition coefficient (Wildman–Crippen LogP) is 1.17. The fourth-order valence-electron chi connectivity index (χ4n) is 2.49. The van der Waals surface area contributed by atoms with Gasteiger partial charge in [-0.25, -0.2) is 19.0 Å². The number of pyridine rings is 1. The van der Waals surface area contributed by atoms with Crippen LogP contribution in [0.3, 0.4) is 0 Å². The zero-order chi connectivity index (χ0) is 18.9. The molecule has 2 N–H and O–H groups in total. The third-order valence-electron chi connectivity index (χ3n) is 3.63. The third-order valence-corrected chi connectivity index (χ3v) is 3.63.